The van der Waals surface area contributed by atoms with Crippen LogP contribution in [0, 0.1) is 6.92 Å². The zero-order valence-corrected chi connectivity index (χ0v) is 12.2. The van der Waals surface area contributed by atoms with Crippen LogP contribution in [0.3, 0.4) is 0 Å². The minimum absolute atomic E-state index is 0.905. The van der Waals surface area contributed by atoms with E-state index in [1.165, 1.54) is 27.9 Å². The van der Waals surface area contributed by atoms with Crippen molar-refractivity contribution in [1.82, 2.24) is 0 Å². The number of para-hydroxylation sites is 1. The van der Waals surface area contributed by atoms with Gasteiger partial charge in [-0.1, -0.05) is 56.3 Å². The number of hydrogen-bond acceptors (Lipinski definition) is 1. The SMILES string of the molecule is CCc1ccccc1CNc1c(C)cccc1CC. The van der Waals surface area contributed by atoms with E-state index in [-0.39, 0.29) is 0 Å². The summed E-state index contributed by atoms with van der Waals surface area (Å²) in [5.74, 6) is 0. The van der Waals surface area contributed by atoms with Crippen LogP contribution in [0.1, 0.15) is 36.1 Å². The van der Waals surface area contributed by atoms with Gasteiger partial charge < -0.3 is 5.32 Å². The number of anilines is 1. The van der Waals surface area contributed by atoms with Crippen molar-refractivity contribution in [1.29, 1.82) is 0 Å². The zero-order valence-electron chi connectivity index (χ0n) is 12.2. The number of hydrogen-bond donors (Lipinski definition) is 1. The third kappa shape index (κ3) is 3.17. The van der Waals surface area contributed by atoms with Gasteiger partial charge >= 0.3 is 0 Å². The Bertz CT molecular complexity index is 543. The first-order valence-corrected chi connectivity index (χ1v) is 7.15. The molecule has 1 N–H and O–H groups in total. The molecule has 100 valence electrons. The molecule has 19 heavy (non-hydrogen) atoms. The highest BCUT2D eigenvalue weighted by molar-refractivity contribution is 5.57. The summed E-state index contributed by atoms with van der Waals surface area (Å²) in [6.07, 6.45) is 2.16. The van der Waals surface area contributed by atoms with E-state index in [0.29, 0.717) is 0 Å². The maximum Gasteiger partial charge on any atom is 0.0404 e. The Balaban J connectivity index is 2.19. The van der Waals surface area contributed by atoms with Gasteiger partial charge in [0.25, 0.3) is 0 Å². The molecule has 0 aliphatic carbocycles. The molecule has 0 radical (unpaired) electrons. The van der Waals surface area contributed by atoms with Crippen LogP contribution in [0.25, 0.3) is 0 Å². The fourth-order valence-electron chi connectivity index (χ4n) is 2.53. The van der Waals surface area contributed by atoms with Crippen LogP contribution in [-0.4, -0.2) is 0 Å². The molecule has 0 aliphatic rings. The van der Waals surface area contributed by atoms with Crippen LogP contribution in [0.2, 0.25) is 0 Å². The molecule has 0 amide bonds. The topological polar surface area (TPSA) is 12.0 Å². The van der Waals surface area contributed by atoms with Crippen molar-refractivity contribution in [3.8, 4) is 0 Å². The molecule has 0 aliphatic heterocycles. The Kier molecular flexibility index (Phi) is 4.62. The van der Waals surface area contributed by atoms with E-state index in [9.17, 15) is 0 Å². The second-order valence-electron chi connectivity index (χ2n) is 4.94. The summed E-state index contributed by atoms with van der Waals surface area (Å²) in [6.45, 7) is 7.50. The summed E-state index contributed by atoms with van der Waals surface area (Å²) >= 11 is 0. The van der Waals surface area contributed by atoms with E-state index >= 15 is 0 Å². The van der Waals surface area contributed by atoms with Crippen LogP contribution >= 0.6 is 0 Å². The molecule has 0 saturated heterocycles. The van der Waals surface area contributed by atoms with Crippen molar-refractivity contribution in [2.75, 3.05) is 5.32 Å². The Labute approximate surface area is 116 Å². The van der Waals surface area contributed by atoms with Gasteiger partial charge in [0.05, 0.1) is 0 Å². The lowest BCUT2D eigenvalue weighted by atomic mass is 10.0. The maximum absolute atomic E-state index is 3.62. The van der Waals surface area contributed by atoms with Gasteiger partial charge in [-0.25, -0.2) is 0 Å². The lowest BCUT2D eigenvalue weighted by Gasteiger charge is -2.15. The van der Waals surface area contributed by atoms with Crippen molar-refractivity contribution in [2.45, 2.75) is 40.2 Å². The minimum Gasteiger partial charge on any atom is -0.381 e. The highest BCUT2D eigenvalue weighted by Crippen LogP contribution is 2.22. The predicted molar refractivity (Wildman–Crippen MR) is 83.7 cm³/mol. The third-order valence-corrected chi connectivity index (χ3v) is 3.69. The molecular weight excluding hydrogens is 230 g/mol. The van der Waals surface area contributed by atoms with Crippen molar-refractivity contribution in [3.05, 3.63) is 64.7 Å². The van der Waals surface area contributed by atoms with Gasteiger partial charge in [-0.3, -0.25) is 0 Å². The molecule has 0 heterocycles. The molecule has 2 aromatic carbocycles. The van der Waals surface area contributed by atoms with Crippen LogP contribution in [-0.2, 0) is 19.4 Å². The summed E-state index contributed by atoms with van der Waals surface area (Å²) in [5.41, 5.74) is 6.86. The Hall–Kier alpha value is -1.76. The molecule has 0 fully saturated rings. The van der Waals surface area contributed by atoms with Crippen LogP contribution in [0.5, 0.6) is 0 Å². The first-order chi connectivity index (χ1) is 9.26. The van der Waals surface area contributed by atoms with Gasteiger partial charge in [-0.2, -0.15) is 0 Å². The number of benzene rings is 2. The standard InChI is InChI=1S/C18H23N/c1-4-15-10-6-7-11-17(15)13-19-18-14(3)9-8-12-16(18)5-2/h6-12,19H,4-5,13H2,1-3H3. The normalized spacial score (nSPS) is 10.5. The van der Waals surface area contributed by atoms with Crippen molar-refractivity contribution in [2.24, 2.45) is 0 Å². The minimum atomic E-state index is 0.905. The Morgan fingerprint density at radius 3 is 2.11 bits per heavy atom. The average Bonchev–Trinajstić information content (AvgIpc) is 2.46. The van der Waals surface area contributed by atoms with Crippen LogP contribution in [0.15, 0.2) is 42.5 Å². The second kappa shape index (κ2) is 6.42. The van der Waals surface area contributed by atoms with Gasteiger partial charge in [-0.15, -0.1) is 0 Å². The molecule has 0 spiro atoms. The molecule has 0 saturated carbocycles. The fourth-order valence-corrected chi connectivity index (χ4v) is 2.53. The van der Waals surface area contributed by atoms with Gasteiger partial charge in [0.1, 0.15) is 0 Å². The highest BCUT2D eigenvalue weighted by atomic mass is 14.9. The fraction of sp³-hybridized carbons (Fsp3) is 0.333. The van der Waals surface area contributed by atoms with E-state index in [2.05, 4.69) is 68.6 Å². The Morgan fingerprint density at radius 1 is 0.789 bits per heavy atom. The third-order valence-electron chi connectivity index (χ3n) is 3.69. The summed E-state index contributed by atoms with van der Waals surface area (Å²) < 4.78 is 0. The first-order valence-electron chi connectivity index (χ1n) is 7.15. The lowest BCUT2D eigenvalue weighted by molar-refractivity contribution is 1.03. The molecule has 2 aromatic rings. The van der Waals surface area contributed by atoms with E-state index in [1.807, 2.05) is 0 Å². The highest BCUT2D eigenvalue weighted by Gasteiger charge is 2.05. The van der Waals surface area contributed by atoms with Gasteiger partial charge in [-0.05, 0) is 42.0 Å². The molecule has 1 nitrogen and oxygen atoms in total. The number of rotatable bonds is 5. The van der Waals surface area contributed by atoms with Crippen molar-refractivity contribution >= 4 is 5.69 Å². The Morgan fingerprint density at radius 2 is 1.42 bits per heavy atom. The van der Waals surface area contributed by atoms with Crippen molar-refractivity contribution < 1.29 is 0 Å². The predicted octanol–water partition coefficient (Wildman–Crippen LogP) is 4.73. The van der Waals surface area contributed by atoms with Crippen LogP contribution < -0.4 is 5.32 Å². The van der Waals surface area contributed by atoms with Gasteiger partial charge in [0.15, 0.2) is 0 Å². The second-order valence-corrected chi connectivity index (χ2v) is 4.94. The monoisotopic (exact) mass is 253 g/mol. The summed E-state index contributed by atoms with van der Waals surface area (Å²) in [6, 6.07) is 15.2. The maximum atomic E-state index is 3.62. The quantitative estimate of drug-likeness (QED) is 0.812. The zero-order chi connectivity index (χ0) is 13.7. The van der Waals surface area contributed by atoms with Crippen LogP contribution in [0.4, 0.5) is 5.69 Å². The largest absolute Gasteiger partial charge is 0.381 e. The van der Waals surface area contributed by atoms with E-state index in [0.717, 1.165) is 19.4 Å². The number of nitrogens with one attached hydrogen (secondary N) is 1. The lowest BCUT2D eigenvalue weighted by Crippen LogP contribution is -2.06. The molecular formula is C18H23N. The number of aryl methyl sites for hydroxylation is 3. The summed E-state index contributed by atoms with van der Waals surface area (Å²) in [5, 5.41) is 3.62. The molecule has 2 rings (SSSR count). The molecule has 0 bridgehead atoms. The molecule has 0 aromatic heterocycles. The van der Waals surface area contributed by atoms with E-state index in [1.54, 1.807) is 0 Å². The first kappa shape index (κ1) is 13.7. The van der Waals surface area contributed by atoms with Crippen molar-refractivity contribution in [3.63, 3.8) is 0 Å². The summed E-state index contributed by atoms with van der Waals surface area (Å²) in [7, 11) is 0. The molecule has 0 atom stereocenters. The molecule has 1 heteroatoms. The smallest absolute Gasteiger partial charge is 0.0404 e. The van der Waals surface area contributed by atoms with E-state index < -0.39 is 0 Å². The van der Waals surface area contributed by atoms with Gasteiger partial charge in [0.2, 0.25) is 0 Å². The summed E-state index contributed by atoms with van der Waals surface area (Å²) in [4.78, 5) is 0. The van der Waals surface area contributed by atoms with E-state index in [4.69, 9.17) is 0 Å². The average molecular weight is 253 g/mol. The molecule has 0 unspecified atom stereocenters. The van der Waals surface area contributed by atoms with Gasteiger partial charge in [0, 0.05) is 12.2 Å².